The number of rotatable bonds is 6. The molecule has 1 heterocycles. The lowest BCUT2D eigenvalue weighted by Crippen LogP contribution is -2.27. The second-order valence-electron chi connectivity index (χ2n) is 5.53. The molecule has 2 aromatic rings. The van der Waals surface area contributed by atoms with Crippen LogP contribution in [0.3, 0.4) is 0 Å². The lowest BCUT2D eigenvalue weighted by molar-refractivity contribution is 0.103. The summed E-state index contributed by atoms with van der Waals surface area (Å²) in [5.74, 6) is 0.391. The first-order valence-electron chi connectivity index (χ1n) is 7.10. The standard InChI is InChI=1S/C15H16N2O5S/c1-17(2)23(19,20)22-13-6-4-3-5-11(13)14(18)12-9-16-21-15(12)10-7-8-10/h3-6,9-10H,7-8H2,1-2H3. The smallest absolute Gasteiger partial charge is 0.370 e. The van der Waals surface area contributed by atoms with E-state index in [1.165, 1.54) is 32.4 Å². The fraction of sp³-hybridized carbons (Fsp3) is 0.333. The number of ketones is 1. The Morgan fingerprint density at radius 3 is 2.61 bits per heavy atom. The van der Waals surface area contributed by atoms with Gasteiger partial charge in [-0.1, -0.05) is 17.3 Å². The predicted molar refractivity (Wildman–Crippen MR) is 81.6 cm³/mol. The molecule has 0 N–H and O–H groups in total. The van der Waals surface area contributed by atoms with Crippen molar-refractivity contribution in [2.75, 3.05) is 14.1 Å². The van der Waals surface area contributed by atoms with Crippen LogP contribution in [0.1, 0.15) is 40.4 Å². The normalized spacial score (nSPS) is 14.9. The maximum absolute atomic E-state index is 12.7. The van der Waals surface area contributed by atoms with Crippen LogP contribution in [-0.4, -0.2) is 37.8 Å². The largest absolute Gasteiger partial charge is 0.384 e. The third-order valence-electron chi connectivity index (χ3n) is 3.57. The highest BCUT2D eigenvalue weighted by atomic mass is 32.2. The van der Waals surface area contributed by atoms with Crippen LogP contribution < -0.4 is 4.18 Å². The first-order chi connectivity index (χ1) is 10.9. The van der Waals surface area contributed by atoms with Crippen molar-refractivity contribution >= 4 is 16.1 Å². The second-order valence-corrected chi connectivity index (χ2v) is 7.28. The molecule has 0 radical (unpaired) electrons. The van der Waals surface area contributed by atoms with Crippen molar-refractivity contribution in [3.05, 3.63) is 47.3 Å². The molecular weight excluding hydrogens is 320 g/mol. The van der Waals surface area contributed by atoms with Gasteiger partial charge in [-0.25, -0.2) is 0 Å². The highest BCUT2D eigenvalue weighted by Gasteiger charge is 2.33. The summed E-state index contributed by atoms with van der Waals surface area (Å²) < 4.78 is 35.0. The van der Waals surface area contributed by atoms with E-state index < -0.39 is 10.3 Å². The Morgan fingerprint density at radius 2 is 1.96 bits per heavy atom. The summed E-state index contributed by atoms with van der Waals surface area (Å²) in [5, 5.41) is 3.70. The zero-order valence-corrected chi connectivity index (χ0v) is 13.5. The van der Waals surface area contributed by atoms with Crippen molar-refractivity contribution in [3.63, 3.8) is 0 Å². The summed E-state index contributed by atoms with van der Waals surface area (Å²) in [4.78, 5) is 12.7. The molecule has 8 heteroatoms. The van der Waals surface area contributed by atoms with E-state index in [4.69, 9.17) is 8.71 Å². The molecule has 0 spiro atoms. The van der Waals surface area contributed by atoms with E-state index in [-0.39, 0.29) is 23.0 Å². The monoisotopic (exact) mass is 336 g/mol. The Balaban J connectivity index is 1.97. The van der Waals surface area contributed by atoms with Crippen molar-refractivity contribution in [1.82, 2.24) is 9.46 Å². The molecule has 1 aromatic carbocycles. The summed E-state index contributed by atoms with van der Waals surface area (Å²) in [7, 11) is -1.24. The van der Waals surface area contributed by atoms with Gasteiger partial charge in [-0.2, -0.15) is 12.7 Å². The average Bonchev–Trinajstić information content (AvgIpc) is 3.23. The van der Waals surface area contributed by atoms with Gasteiger partial charge in [0.15, 0.2) is 11.5 Å². The number of hydrogen-bond donors (Lipinski definition) is 0. The van der Waals surface area contributed by atoms with E-state index in [9.17, 15) is 13.2 Å². The maximum Gasteiger partial charge on any atom is 0.384 e. The Labute approximate surface area is 134 Å². The van der Waals surface area contributed by atoms with Gasteiger partial charge in [0.1, 0.15) is 0 Å². The molecule has 0 atom stereocenters. The van der Waals surface area contributed by atoms with E-state index in [1.54, 1.807) is 12.1 Å². The van der Waals surface area contributed by atoms with Gasteiger partial charge in [-0.3, -0.25) is 4.79 Å². The highest BCUT2D eigenvalue weighted by Crippen LogP contribution is 2.42. The molecule has 0 aliphatic heterocycles. The van der Waals surface area contributed by atoms with Gasteiger partial charge in [0.05, 0.1) is 17.3 Å². The quantitative estimate of drug-likeness (QED) is 0.749. The topological polar surface area (TPSA) is 89.7 Å². The zero-order chi connectivity index (χ0) is 16.6. The summed E-state index contributed by atoms with van der Waals surface area (Å²) in [6.45, 7) is 0. The summed E-state index contributed by atoms with van der Waals surface area (Å²) >= 11 is 0. The van der Waals surface area contributed by atoms with E-state index >= 15 is 0 Å². The van der Waals surface area contributed by atoms with Crippen LogP contribution in [0.25, 0.3) is 0 Å². The lowest BCUT2D eigenvalue weighted by Gasteiger charge is -2.14. The number of benzene rings is 1. The molecule has 7 nitrogen and oxygen atoms in total. The van der Waals surface area contributed by atoms with E-state index in [1.807, 2.05) is 0 Å². The zero-order valence-electron chi connectivity index (χ0n) is 12.7. The number of para-hydroxylation sites is 1. The number of aromatic nitrogens is 1. The van der Waals surface area contributed by atoms with Crippen LogP contribution in [0.2, 0.25) is 0 Å². The van der Waals surface area contributed by atoms with Gasteiger partial charge >= 0.3 is 10.3 Å². The first kappa shape index (κ1) is 15.7. The van der Waals surface area contributed by atoms with E-state index in [0.29, 0.717) is 11.3 Å². The molecule has 1 aliphatic carbocycles. The molecule has 1 aliphatic rings. The minimum atomic E-state index is -3.95. The van der Waals surface area contributed by atoms with Crippen LogP contribution in [0.5, 0.6) is 5.75 Å². The second kappa shape index (κ2) is 5.78. The predicted octanol–water partition coefficient (Wildman–Crippen LogP) is 1.97. The number of carbonyl (C=O) groups excluding carboxylic acids is 1. The first-order valence-corrected chi connectivity index (χ1v) is 8.47. The van der Waals surface area contributed by atoms with E-state index in [0.717, 1.165) is 17.1 Å². The Bertz CT molecular complexity index is 837. The molecule has 0 bridgehead atoms. The maximum atomic E-state index is 12.7. The Hall–Kier alpha value is -2.19. The minimum Gasteiger partial charge on any atom is -0.370 e. The molecule has 0 amide bonds. The molecule has 122 valence electrons. The van der Waals surface area contributed by atoms with E-state index in [2.05, 4.69) is 5.16 Å². The van der Waals surface area contributed by atoms with Crippen LogP contribution in [-0.2, 0) is 10.3 Å². The summed E-state index contributed by atoms with van der Waals surface area (Å²) in [5.41, 5.74) is 0.508. The third kappa shape index (κ3) is 3.13. The van der Waals surface area contributed by atoms with Gasteiger partial charge in [-0.05, 0) is 25.0 Å². The third-order valence-corrected chi connectivity index (χ3v) is 4.85. The van der Waals surface area contributed by atoms with Crippen LogP contribution in [0.4, 0.5) is 0 Å². The lowest BCUT2D eigenvalue weighted by atomic mass is 10.0. The summed E-state index contributed by atoms with van der Waals surface area (Å²) in [6.07, 6.45) is 3.29. The molecule has 0 saturated heterocycles. The minimum absolute atomic E-state index is 0.0193. The molecule has 1 saturated carbocycles. The molecule has 1 aromatic heterocycles. The molecule has 23 heavy (non-hydrogen) atoms. The van der Waals surface area contributed by atoms with Crippen molar-refractivity contribution in [2.24, 2.45) is 0 Å². The number of hydrogen-bond acceptors (Lipinski definition) is 6. The van der Waals surface area contributed by atoms with Crippen molar-refractivity contribution < 1.29 is 21.9 Å². The summed E-state index contributed by atoms with van der Waals surface area (Å²) in [6, 6.07) is 6.21. The SMILES string of the molecule is CN(C)S(=O)(=O)Oc1ccccc1C(=O)c1cnoc1C1CC1. The fourth-order valence-electron chi connectivity index (χ4n) is 2.12. The van der Waals surface area contributed by atoms with Crippen molar-refractivity contribution in [2.45, 2.75) is 18.8 Å². The Morgan fingerprint density at radius 1 is 1.26 bits per heavy atom. The molecular formula is C15H16N2O5S. The van der Waals surface area contributed by atoms with Gasteiger partial charge in [0.2, 0.25) is 5.78 Å². The molecule has 3 rings (SSSR count). The van der Waals surface area contributed by atoms with Crippen LogP contribution in [0, 0.1) is 0 Å². The van der Waals surface area contributed by atoms with Crippen LogP contribution in [0.15, 0.2) is 35.0 Å². The van der Waals surface area contributed by atoms with Crippen molar-refractivity contribution in [3.8, 4) is 5.75 Å². The number of carbonyl (C=O) groups is 1. The van der Waals surface area contributed by atoms with Gasteiger partial charge in [-0.15, -0.1) is 0 Å². The van der Waals surface area contributed by atoms with Gasteiger partial charge in [0.25, 0.3) is 0 Å². The molecule has 0 unspecified atom stereocenters. The number of nitrogens with zero attached hydrogens (tertiary/aromatic N) is 2. The fourth-order valence-corrected chi connectivity index (χ4v) is 2.64. The van der Waals surface area contributed by atoms with Gasteiger partial charge in [0, 0.05) is 20.0 Å². The van der Waals surface area contributed by atoms with Crippen molar-refractivity contribution in [1.29, 1.82) is 0 Å². The van der Waals surface area contributed by atoms with Gasteiger partial charge < -0.3 is 8.71 Å². The van der Waals surface area contributed by atoms with Crippen LogP contribution >= 0.6 is 0 Å². The highest BCUT2D eigenvalue weighted by molar-refractivity contribution is 7.84. The average molecular weight is 336 g/mol. The Kier molecular flexibility index (Phi) is 3.95. The molecule has 1 fully saturated rings.